The molecule has 1 aliphatic carbocycles. The van der Waals surface area contributed by atoms with E-state index in [9.17, 15) is 5.11 Å². The Balaban J connectivity index is 2.38. The van der Waals surface area contributed by atoms with E-state index in [4.69, 9.17) is 5.73 Å². The number of aliphatic hydroxyl groups is 1. The van der Waals surface area contributed by atoms with Gasteiger partial charge in [0.25, 0.3) is 0 Å². The van der Waals surface area contributed by atoms with Crippen molar-refractivity contribution in [2.45, 2.75) is 58.0 Å². The lowest BCUT2D eigenvalue weighted by Gasteiger charge is -2.28. The molecular formula is C12H25NO. The molecule has 0 saturated heterocycles. The largest absolute Gasteiger partial charge is 0.393 e. The number of aliphatic hydroxyl groups excluding tert-OH is 1. The van der Waals surface area contributed by atoms with E-state index in [1.807, 2.05) is 0 Å². The zero-order valence-electron chi connectivity index (χ0n) is 9.41. The Morgan fingerprint density at radius 1 is 1.14 bits per heavy atom. The molecule has 2 unspecified atom stereocenters. The van der Waals surface area contributed by atoms with Crippen LogP contribution in [0.4, 0.5) is 0 Å². The Morgan fingerprint density at radius 2 is 1.64 bits per heavy atom. The number of hydrogen-bond acceptors (Lipinski definition) is 2. The highest BCUT2D eigenvalue weighted by atomic mass is 16.3. The van der Waals surface area contributed by atoms with E-state index in [0.29, 0.717) is 12.5 Å². The Labute approximate surface area is 87.9 Å². The van der Waals surface area contributed by atoms with Crippen molar-refractivity contribution in [3.63, 3.8) is 0 Å². The highest BCUT2D eigenvalue weighted by molar-refractivity contribution is 4.75. The van der Waals surface area contributed by atoms with Crippen LogP contribution in [0.3, 0.4) is 0 Å². The molecule has 2 atom stereocenters. The minimum absolute atomic E-state index is 0.168. The number of rotatable bonds is 3. The summed E-state index contributed by atoms with van der Waals surface area (Å²) in [5, 5.41) is 10.1. The predicted octanol–water partition coefficient (Wildman–Crippen LogP) is 2.30. The SMILES string of the molecule is CC(CN)C(O)C1CCCCCCC1. The first-order valence-electron chi connectivity index (χ1n) is 6.14. The van der Waals surface area contributed by atoms with Crippen LogP contribution in [0, 0.1) is 11.8 Å². The van der Waals surface area contributed by atoms with Crippen LogP contribution in [0.2, 0.25) is 0 Å². The molecule has 14 heavy (non-hydrogen) atoms. The summed E-state index contributed by atoms with van der Waals surface area (Å²) in [6.45, 7) is 2.67. The van der Waals surface area contributed by atoms with Gasteiger partial charge in [0.2, 0.25) is 0 Å². The van der Waals surface area contributed by atoms with Crippen LogP contribution in [0.5, 0.6) is 0 Å². The first-order valence-corrected chi connectivity index (χ1v) is 6.14. The van der Waals surface area contributed by atoms with E-state index in [0.717, 1.165) is 0 Å². The highest BCUT2D eigenvalue weighted by Crippen LogP contribution is 2.27. The number of nitrogens with two attached hydrogens (primary N) is 1. The van der Waals surface area contributed by atoms with Gasteiger partial charge in [-0.1, -0.05) is 39.0 Å². The van der Waals surface area contributed by atoms with Crippen LogP contribution in [-0.2, 0) is 0 Å². The zero-order chi connectivity index (χ0) is 10.4. The molecule has 0 spiro atoms. The summed E-state index contributed by atoms with van der Waals surface area (Å²) >= 11 is 0. The molecule has 1 saturated carbocycles. The van der Waals surface area contributed by atoms with Crippen LogP contribution >= 0.6 is 0 Å². The first kappa shape index (κ1) is 12.0. The van der Waals surface area contributed by atoms with Crippen molar-refractivity contribution in [3.05, 3.63) is 0 Å². The standard InChI is InChI=1S/C12H25NO/c1-10(9-13)12(14)11-7-5-3-2-4-6-8-11/h10-12,14H,2-9,13H2,1H3. The van der Waals surface area contributed by atoms with E-state index in [1.54, 1.807) is 0 Å². The molecule has 0 amide bonds. The summed E-state index contributed by atoms with van der Waals surface area (Å²) in [7, 11) is 0. The second kappa shape index (κ2) is 6.41. The zero-order valence-corrected chi connectivity index (χ0v) is 9.41. The fourth-order valence-electron chi connectivity index (χ4n) is 2.43. The van der Waals surface area contributed by atoms with Crippen molar-refractivity contribution in [1.82, 2.24) is 0 Å². The molecule has 1 fully saturated rings. The topological polar surface area (TPSA) is 46.2 Å². The normalized spacial score (nSPS) is 25.1. The Hall–Kier alpha value is -0.0800. The van der Waals surface area contributed by atoms with Crippen LogP contribution < -0.4 is 5.73 Å². The van der Waals surface area contributed by atoms with E-state index in [2.05, 4.69) is 6.92 Å². The molecule has 0 aliphatic heterocycles. The lowest BCUT2D eigenvalue weighted by atomic mass is 9.82. The van der Waals surface area contributed by atoms with Gasteiger partial charge < -0.3 is 10.8 Å². The maximum absolute atomic E-state index is 10.1. The van der Waals surface area contributed by atoms with Crippen molar-refractivity contribution in [1.29, 1.82) is 0 Å². The lowest BCUT2D eigenvalue weighted by molar-refractivity contribution is 0.0479. The Bertz CT molecular complexity index is 141. The smallest absolute Gasteiger partial charge is 0.0605 e. The second-order valence-corrected chi connectivity index (χ2v) is 4.81. The molecule has 2 nitrogen and oxygen atoms in total. The quantitative estimate of drug-likeness (QED) is 0.732. The molecule has 3 N–H and O–H groups in total. The van der Waals surface area contributed by atoms with Gasteiger partial charge in [-0.3, -0.25) is 0 Å². The minimum atomic E-state index is -0.168. The molecule has 1 aliphatic rings. The molecule has 0 radical (unpaired) electrons. The van der Waals surface area contributed by atoms with Gasteiger partial charge in [0.15, 0.2) is 0 Å². The van der Waals surface area contributed by atoms with Gasteiger partial charge in [-0.2, -0.15) is 0 Å². The molecule has 0 heterocycles. The third-order valence-electron chi connectivity index (χ3n) is 3.59. The molecule has 0 bridgehead atoms. The predicted molar refractivity (Wildman–Crippen MR) is 60.0 cm³/mol. The van der Waals surface area contributed by atoms with Crippen molar-refractivity contribution in [2.24, 2.45) is 17.6 Å². The summed E-state index contributed by atoms with van der Waals surface area (Å²) < 4.78 is 0. The summed E-state index contributed by atoms with van der Waals surface area (Å²) in [6.07, 6.45) is 8.89. The Kier molecular flexibility index (Phi) is 5.49. The fraction of sp³-hybridized carbons (Fsp3) is 1.00. The highest BCUT2D eigenvalue weighted by Gasteiger charge is 2.23. The van der Waals surface area contributed by atoms with Gasteiger partial charge in [0.1, 0.15) is 0 Å². The van der Waals surface area contributed by atoms with Crippen LogP contribution in [0.15, 0.2) is 0 Å². The average molecular weight is 199 g/mol. The van der Waals surface area contributed by atoms with E-state index >= 15 is 0 Å². The van der Waals surface area contributed by atoms with E-state index in [-0.39, 0.29) is 12.0 Å². The van der Waals surface area contributed by atoms with Gasteiger partial charge in [-0.05, 0) is 31.2 Å². The molecule has 0 aromatic carbocycles. The maximum atomic E-state index is 10.1. The number of hydrogen-bond donors (Lipinski definition) is 2. The molecule has 1 rings (SSSR count). The van der Waals surface area contributed by atoms with Crippen LogP contribution in [0.1, 0.15) is 51.9 Å². The summed E-state index contributed by atoms with van der Waals surface area (Å²) in [6, 6.07) is 0. The van der Waals surface area contributed by atoms with E-state index in [1.165, 1.54) is 44.9 Å². The monoisotopic (exact) mass is 199 g/mol. The Morgan fingerprint density at radius 3 is 2.14 bits per heavy atom. The molecule has 84 valence electrons. The maximum Gasteiger partial charge on any atom is 0.0605 e. The average Bonchev–Trinajstić information content (AvgIpc) is 2.15. The van der Waals surface area contributed by atoms with Gasteiger partial charge in [-0.15, -0.1) is 0 Å². The van der Waals surface area contributed by atoms with Crippen molar-refractivity contribution >= 4 is 0 Å². The molecule has 2 heteroatoms. The lowest BCUT2D eigenvalue weighted by Crippen LogP contribution is -2.32. The van der Waals surface area contributed by atoms with Gasteiger partial charge in [0.05, 0.1) is 6.10 Å². The molecule has 0 aromatic heterocycles. The van der Waals surface area contributed by atoms with Crippen molar-refractivity contribution in [3.8, 4) is 0 Å². The second-order valence-electron chi connectivity index (χ2n) is 4.81. The van der Waals surface area contributed by atoms with Crippen molar-refractivity contribution in [2.75, 3.05) is 6.54 Å². The summed E-state index contributed by atoms with van der Waals surface area (Å²) in [5.41, 5.74) is 5.59. The minimum Gasteiger partial charge on any atom is -0.393 e. The van der Waals surface area contributed by atoms with Crippen molar-refractivity contribution < 1.29 is 5.11 Å². The van der Waals surface area contributed by atoms with Crippen LogP contribution in [0.25, 0.3) is 0 Å². The first-order chi connectivity index (χ1) is 6.75. The van der Waals surface area contributed by atoms with Gasteiger partial charge >= 0.3 is 0 Å². The summed E-state index contributed by atoms with van der Waals surface area (Å²) in [4.78, 5) is 0. The third kappa shape index (κ3) is 3.58. The van der Waals surface area contributed by atoms with Crippen LogP contribution in [-0.4, -0.2) is 17.8 Å². The van der Waals surface area contributed by atoms with Gasteiger partial charge in [-0.25, -0.2) is 0 Å². The fourth-order valence-corrected chi connectivity index (χ4v) is 2.43. The molecule has 0 aromatic rings. The molecular weight excluding hydrogens is 174 g/mol. The third-order valence-corrected chi connectivity index (χ3v) is 3.59. The summed E-state index contributed by atoms with van der Waals surface area (Å²) in [5.74, 6) is 0.772. The van der Waals surface area contributed by atoms with E-state index < -0.39 is 0 Å². The van der Waals surface area contributed by atoms with Gasteiger partial charge in [0, 0.05) is 0 Å².